The molecule has 6 atom stereocenters. The highest BCUT2D eigenvalue weighted by Gasteiger charge is 2.65. The second-order valence-electron chi connectivity index (χ2n) is 19.4. The van der Waals surface area contributed by atoms with E-state index in [0.717, 1.165) is 36.0 Å². The summed E-state index contributed by atoms with van der Waals surface area (Å²) in [5.74, 6) is -0.961. The van der Waals surface area contributed by atoms with Gasteiger partial charge < -0.3 is 33.9 Å². The Kier molecular flexibility index (Phi) is 20.8. The summed E-state index contributed by atoms with van der Waals surface area (Å²) in [4.78, 5) is 15.0. The van der Waals surface area contributed by atoms with Crippen molar-refractivity contribution in [3.63, 3.8) is 0 Å². The van der Waals surface area contributed by atoms with Crippen LogP contribution in [0.3, 0.4) is 0 Å². The van der Waals surface area contributed by atoms with Crippen LogP contribution < -0.4 is 10.3 Å². The minimum atomic E-state index is -4.63. The van der Waals surface area contributed by atoms with Crippen LogP contribution in [-0.2, 0) is 49.5 Å². The van der Waals surface area contributed by atoms with Gasteiger partial charge in [0.25, 0.3) is 5.69 Å². The second-order valence-corrected chi connectivity index (χ2v) is 21.0. The molecule has 73 heavy (non-hydrogen) atoms. The SMILES string of the molecule is CCCCCCCCCCCCCCCCCCOC[C@H](COP(=O)(OC[C@H]1O[C@@](C#N)(c2ccc3c(N)ncnn23)[C@@H]2OC(C)(C)O[C@@H]21)Oc1ccc([N+](=O)[O-])cc1)OCc1ccc(-c2ccccc2)cc1. The summed E-state index contributed by atoms with van der Waals surface area (Å²) in [7, 11) is -4.63. The maximum absolute atomic E-state index is 14.9. The molecule has 3 aromatic carbocycles. The fourth-order valence-electron chi connectivity index (χ4n) is 9.40. The molecule has 0 saturated carbocycles. The summed E-state index contributed by atoms with van der Waals surface area (Å²) in [6, 6.07) is 28.8. The standard InChI is InChI=1S/C55H73N6O11P/c1-4-5-6-7-8-9-10-11-12-13-14-15-16-17-18-22-35-65-37-47(66-36-42-25-27-44(28-26-42)43-23-20-19-21-24-43)38-67-73(64,72-46-31-29-45(30-32-46)61(62)63)68-39-49-51-52(71-54(2,3)70-51)55(40-56,69-49)50-34-33-48-53(57)58-41-59-60(48)50/h19-21,23-34,41,47,49,51-52H,4-18,22,35-39H2,1-3H3,(H2,57,58,59)/t47-,49-,51-,52-,55+,73?/m1/s1. The van der Waals surface area contributed by atoms with E-state index in [1.54, 1.807) is 26.0 Å². The van der Waals surface area contributed by atoms with Gasteiger partial charge in [0, 0.05) is 18.7 Å². The van der Waals surface area contributed by atoms with Crippen LogP contribution in [0.1, 0.15) is 135 Å². The van der Waals surface area contributed by atoms with Crippen LogP contribution in [0, 0.1) is 21.4 Å². The molecular formula is C55H73N6O11P. The van der Waals surface area contributed by atoms with E-state index >= 15 is 0 Å². The van der Waals surface area contributed by atoms with Crippen molar-refractivity contribution in [3.05, 3.63) is 119 Å². The lowest BCUT2D eigenvalue weighted by Gasteiger charge is -2.29. The quantitative estimate of drug-likeness (QED) is 0.0179. The van der Waals surface area contributed by atoms with E-state index in [1.165, 1.54) is 119 Å². The zero-order valence-corrected chi connectivity index (χ0v) is 43.5. The summed E-state index contributed by atoms with van der Waals surface area (Å²) >= 11 is 0. The fraction of sp³-hybridized carbons (Fsp3) is 0.545. The zero-order chi connectivity index (χ0) is 51.5. The number of benzene rings is 3. The lowest BCUT2D eigenvalue weighted by Crippen LogP contribution is -2.40. The summed E-state index contributed by atoms with van der Waals surface area (Å²) in [6.45, 7) is 5.79. The molecule has 0 aliphatic carbocycles. The molecule has 18 heteroatoms. The van der Waals surface area contributed by atoms with Crippen molar-refractivity contribution >= 4 is 24.8 Å². The van der Waals surface area contributed by atoms with Crippen molar-refractivity contribution in [1.29, 1.82) is 5.26 Å². The van der Waals surface area contributed by atoms with E-state index in [1.807, 2.05) is 42.5 Å². The van der Waals surface area contributed by atoms with Crippen LogP contribution >= 0.6 is 7.82 Å². The smallest absolute Gasteiger partial charge is 0.404 e. The average Bonchev–Trinajstić information content (AvgIpc) is 4.07. The number of hydrogen-bond donors (Lipinski definition) is 1. The molecule has 0 radical (unpaired) electrons. The minimum Gasteiger partial charge on any atom is -0.404 e. The van der Waals surface area contributed by atoms with Gasteiger partial charge >= 0.3 is 7.82 Å². The van der Waals surface area contributed by atoms with Gasteiger partial charge in [0.1, 0.15) is 48.1 Å². The highest BCUT2D eigenvalue weighted by molar-refractivity contribution is 7.48. The Hall–Kier alpha value is -5.28. The number of hydrogen-bond acceptors (Lipinski definition) is 15. The van der Waals surface area contributed by atoms with E-state index in [-0.39, 0.29) is 37.1 Å². The molecule has 394 valence electrons. The number of fused-ring (bicyclic) bond motifs is 2. The largest absolute Gasteiger partial charge is 0.530 e. The number of nitro benzene ring substituents is 1. The molecule has 2 aromatic heterocycles. The molecule has 2 aliphatic rings. The molecule has 5 aromatic rings. The van der Waals surface area contributed by atoms with E-state index in [9.17, 15) is 19.9 Å². The van der Waals surface area contributed by atoms with Crippen molar-refractivity contribution < 1.29 is 46.7 Å². The molecule has 2 aliphatic heterocycles. The Bertz CT molecular complexity index is 2560. The molecule has 1 unspecified atom stereocenters. The van der Waals surface area contributed by atoms with Gasteiger partial charge in [0.15, 0.2) is 11.6 Å². The number of nitriles is 1. The molecule has 4 heterocycles. The molecule has 2 saturated heterocycles. The first kappa shape index (κ1) is 55.5. The number of nitrogen functional groups attached to an aromatic ring is 1. The van der Waals surface area contributed by atoms with E-state index in [2.05, 4.69) is 35.2 Å². The van der Waals surface area contributed by atoms with Gasteiger partial charge in [-0.05, 0) is 61.2 Å². The van der Waals surface area contributed by atoms with Gasteiger partial charge in [-0.3, -0.25) is 19.2 Å². The Labute approximate surface area is 429 Å². The van der Waals surface area contributed by atoms with Crippen LogP contribution in [0.15, 0.2) is 97.3 Å². The highest BCUT2D eigenvalue weighted by atomic mass is 31.2. The number of unbranched alkanes of at least 4 members (excludes halogenated alkanes) is 15. The van der Waals surface area contributed by atoms with Crippen LogP contribution in [0.5, 0.6) is 5.75 Å². The third kappa shape index (κ3) is 15.6. The van der Waals surface area contributed by atoms with Gasteiger partial charge in [-0.2, -0.15) is 10.4 Å². The normalized spacial score (nSPS) is 20.4. The lowest BCUT2D eigenvalue weighted by molar-refractivity contribution is -0.384. The topological polar surface area (TPSA) is 214 Å². The first-order valence-electron chi connectivity index (χ1n) is 26.1. The molecule has 7 rings (SSSR count). The summed E-state index contributed by atoms with van der Waals surface area (Å²) in [6.07, 6.45) is 18.0. The average molecular weight is 1030 g/mol. The van der Waals surface area contributed by atoms with E-state index < -0.39 is 55.2 Å². The number of phosphoric acid groups is 1. The molecule has 0 bridgehead atoms. The van der Waals surface area contributed by atoms with Gasteiger partial charge in [0.2, 0.25) is 5.60 Å². The Morgan fingerprint density at radius 1 is 0.795 bits per heavy atom. The van der Waals surface area contributed by atoms with Crippen molar-refractivity contribution in [3.8, 4) is 22.9 Å². The van der Waals surface area contributed by atoms with E-state index in [4.69, 9.17) is 43.0 Å². The van der Waals surface area contributed by atoms with Gasteiger partial charge in [-0.25, -0.2) is 14.1 Å². The fourth-order valence-corrected chi connectivity index (χ4v) is 10.6. The number of nitro groups is 1. The third-order valence-electron chi connectivity index (χ3n) is 13.3. The number of non-ortho nitro benzene ring substituents is 1. The number of anilines is 1. The molecule has 2 fully saturated rings. The number of rotatable bonds is 33. The summed E-state index contributed by atoms with van der Waals surface area (Å²) < 4.78 is 66.3. The Morgan fingerprint density at radius 2 is 1.42 bits per heavy atom. The summed E-state index contributed by atoms with van der Waals surface area (Å²) in [5, 5.41) is 26.7. The van der Waals surface area contributed by atoms with Crippen LogP contribution in [-0.4, -0.2) is 76.2 Å². The van der Waals surface area contributed by atoms with Crippen molar-refractivity contribution in [2.24, 2.45) is 0 Å². The Morgan fingerprint density at radius 3 is 2.05 bits per heavy atom. The van der Waals surface area contributed by atoms with Gasteiger partial charge in [-0.15, -0.1) is 0 Å². The van der Waals surface area contributed by atoms with Gasteiger partial charge in [-0.1, -0.05) is 158 Å². The predicted octanol–water partition coefficient (Wildman–Crippen LogP) is 12.6. The Balaban J connectivity index is 0.986. The first-order valence-corrected chi connectivity index (χ1v) is 27.6. The number of nitrogens with zero attached hydrogens (tertiary/aromatic N) is 5. The first-order chi connectivity index (χ1) is 35.4. The van der Waals surface area contributed by atoms with Crippen LogP contribution in [0.25, 0.3) is 16.6 Å². The number of nitrogens with two attached hydrogens (primary N) is 1. The van der Waals surface area contributed by atoms with Crippen molar-refractivity contribution in [2.75, 3.05) is 32.2 Å². The van der Waals surface area contributed by atoms with E-state index in [0.29, 0.717) is 17.8 Å². The zero-order valence-electron chi connectivity index (χ0n) is 42.6. The van der Waals surface area contributed by atoms with Crippen LogP contribution in [0.4, 0.5) is 11.5 Å². The van der Waals surface area contributed by atoms with Crippen molar-refractivity contribution in [2.45, 2.75) is 166 Å². The molecule has 0 spiro atoms. The minimum absolute atomic E-state index is 0.0141. The van der Waals surface area contributed by atoms with Crippen molar-refractivity contribution in [1.82, 2.24) is 14.6 Å². The third-order valence-corrected chi connectivity index (χ3v) is 14.7. The lowest BCUT2D eigenvalue weighted by atomic mass is 9.92. The number of phosphoric ester groups is 1. The maximum atomic E-state index is 14.9. The number of ether oxygens (including phenoxy) is 5. The maximum Gasteiger partial charge on any atom is 0.530 e. The highest BCUT2D eigenvalue weighted by Crippen LogP contribution is 2.53. The molecule has 0 amide bonds. The monoisotopic (exact) mass is 1020 g/mol. The van der Waals surface area contributed by atoms with Gasteiger partial charge in [0.05, 0.1) is 37.0 Å². The molecule has 17 nitrogen and oxygen atoms in total. The summed E-state index contributed by atoms with van der Waals surface area (Å²) in [5.41, 5.74) is 8.00. The predicted molar refractivity (Wildman–Crippen MR) is 277 cm³/mol. The molecular weight excluding hydrogens is 952 g/mol. The number of aromatic nitrogens is 3. The second kappa shape index (κ2) is 27.3. The van der Waals surface area contributed by atoms with Crippen LogP contribution in [0.2, 0.25) is 0 Å². The molecule has 2 N–H and O–H groups in total.